The smallest absolute Gasteiger partial charge is 0.254 e. The first-order chi connectivity index (χ1) is 16.2. The number of piperidine rings is 1. The number of hydrogen-bond acceptors (Lipinski definition) is 4. The summed E-state index contributed by atoms with van der Waals surface area (Å²) >= 11 is 0. The van der Waals surface area contributed by atoms with E-state index in [-0.39, 0.29) is 43.5 Å². The SMILES string of the molecule is NC(=O)c1ccc(C(=O)NC2CCN(C3CCC(F)(F)CC3)C2=O)c(N2CCC3(CC2)CC3)c1. The van der Waals surface area contributed by atoms with E-state index in [1.807, 2.05) is 0 Å². The number of anilines is 1. The average molecular weight is 475 g/mol. The lowest BCUT2D eigenvalue weighted by molar-refractivity contribution is -0.134. The van der Waals surface area contributed by atoms with Crippen LogP contribution in [-0.4, -0.2) is 60.3 Å². The maximum absolute atomic E-state index is 13.5. The van der Waals surface area contributed by atoms with Gasteiger partial charge in [-0.15, -0.1) is 0 Å². The third-order valence-corrected chi connectivity index (χ3v) is 8.32. The monoisotopic (exact) mass is 474 g/mol. The Bertz CT molecular complexity index is 990. The zero-order valence-electron chi connectivity index (χ0n) is 19.3. The molecule has 3 N–H and O–H groups in total. The Labute approximate surface area is 198 Å². The van der Waals surface area contributed by atoms with Gasteiger partial charge < -0.3 is 20.9 Å². The molecule has 34 heavy (non-hydrogen) atoms. The van der Waals surface area contributed by atoms with Crippen molar-refractivity contribution in [3.05, 3.63) is 29.3 Å². The van der Waals surface area contributed by atoms with Gasteiger partial charge in [0.1, 0.15) is 6.04 Å². The summed E-state index contributed by atoms with van der Waals surface area (Å²) < 4.78 is 27.0. The molecule has 1 aromatic rings. The highest BCUT2D eigenvalue weighted by atomic mass is 19.3. The van der Waals surface area contributed by atoms with Crippen molar-refractivity contribution >= 4 is 23.4 Å². The van der Waals surface area contributed by atoms with Crippen LogP contribution in [-0.2, 0) is 4.79 Å². The number of carbonyl (C=O) groups is 3. The van der Waals surface area contributed by atoms with Crippen LogP contribution in [0.3, 0.4) is 0 Å². The van der Waals surface area contributed by atoms with Gasteiger partial charge in [0.25, 0.3) is 5.91 Å². The molecule has 7 nitrogen and oxygen atoms in total. The Morgan fingerprint density at radius 3 is 2.26 bits per heavy atom. The van der Waals surface area contributed by atoms with Crippen LogP contribution >= 0.6 is 0 Å². The number of benzene rings is 1. The summed E-state index contributed by atoms with van der Waals surface area (Å²) in [5, 5.41) is 2.87. The fourth-order valence-electron chi connectivity index (χ4n) is 5.81. The molecule has 0 aromatic heterocycles. The number of nitrogens with zero attached hydrogens (tertiary/aromatic N) is 2. The van der Waals surface area contributed by atoms with Crippen LogP contribution in [0.2, 0.25) is 0 Å². The third-order valence-electron chi connectivity index (χ3n) is 8.32. The van der Waals surface area contributed by atoms with E-state index in [1.54, 1.807) is 17.0 Å². The van der Waals surface area contributed by atoms with Gasteiger partial charge in [0.2, 0.25) is 17.7 Å². The molecule has 0 radical (unpaired) electrons. The number of amides is 3. The molecule has 2 saturated carbocycles. The van der Waals surface area contributed by atoms with Gasteiger partial charge in [-0.3, -0.25) is 14.4 Å². The number of likely N-dealkylation sites (tertiary alicyclic amines) is 1. The van der Waals surface area contributed by atoms with E-state index < -0.39 is 17.9 Å². The largest absolute Gasteiger partial charge is 0.371 e. The minimum Gasteiger partial charge on any atom is -0.371 e. The topological polar surface area (TPSA) is 95.7 Å². The van der Waals surface area contributed by atoms with Gasteiger partial charge in [0.15, 0.2) is 0 Å². The summed E-state index contributed by atoms with van der Waals surface area (Å²) in [6.45, 7) is 2.08. The number of hydrogen-bond donors (Lipinski definition) is 2. The van der Waals surface area contributed by atoms with Crippen molar-refractivity contribution in [3.63, 3.8) is 0 Å². The normalized spacial score (nSPS) is 26.1. The van der Waals surface area contributed by atoms with Crippen LogP contribution < -0.4 is 16.0 Å². The molecule has 5 rings (SSSR count). The summed E-state index contributed by atoms with van der Waals surface area (Å²) in [7, 11) is 0. The summed E-state index contributed by atoms with van der Waals surface area (Å²) in [5.74, 6) is -3.77. The molecule has 2 aliphatic heterocycles. The lowest BCUT2D eigenvalue weighted by Crippen LogP contribution is -2.46. The van der Waals surface area contributed by atoms with E-state index in [4.69, 9.17) is 5.73 Å². The van der Waals surface area contributed by atoms with Crippen LogP contribution in [0.15, 0.2) is 18.2 Å². The quantitative estimate of drug-likeness (QED) is 0.686. The van der Waals surface area contributed by atoms with Gasteiger partial charge >= 0.3 is 0 Å². The van der Waals surface area contributed by atoms with E-state index in [0.717, 1.165) is 25.9 Å². The number of nitrogens with two attached hydrogens (primary N) is 1. The standard InChI is InChI=1S/C25H32F2N4O3/c26-25(27)6-3-17(4-7-25)31-12-5-19(23(31)34)29-22(33)18-2-1-16(21(28)32)15-20(18)30-13-10-24(8-9-24)11-14-30/h1-2,15,17,19H,3-14H2,(H2,28,32)(H,29,33). The second-order valence-electron chi connectivity index (χ2n) is 10.5. The lowest BCUT2D eigenvalue weighted by atomic mass is 9.91. The van der Waals surface area contributed by atoms with Gasteiger partial charge in [-0.05, 0) is 68.6 Å². The average Bonchev–Trinajstić information content (AvgIpc) is 3.47. The first kappa shape index (κ1) is 23.1. The first-order valence-electron chi connectivity index (χ1n) is 12.3. The highest BCUT2D eigenvalue weighted by Crippen LogP contribution is 2.54. The van der Waals surface area contributed by atoms with Crippen molar-refractivity contribution in [2.24, 2.45) is 11.1 Å². The number of primary amides is 1. The molecule has 2 aliphatic carbocycles. The number of carbonyl (C=O) groups excluding carboxylic acids is 3. The molecule has 0 bridgehead atoms. The van der Waals surface area contributed by atoms with Crippen molar-refractivity contribution in [2.45, 2.75) is 75.8 Å². The van der Waals surface area contributed by atoms with Gasteiger partial charge in [-0.1, -0.05) is 0 Å². The van der Waals surface area contributed by atoms with Crippen LogP contribution in [0.5, 0.6) is 0 Å². The number of rotatable bonds is 5. The number of nitrogens with one attached hydrogen (secondary N) is 1. The van der Waals surface area contributed by atoms with Crippen molar-refractivity contribution in [3.8, 4) is 0 Å². The van der Waals surface area contributed by atoms with Crippen molar-refractivity contribution in [1.29, 1.82) is 0 Å². The van der Waals surface area contributed by atoms with Crippen molar-refractivity contribution in [2.75, 3.05) is 24.5 Å². The number of halogens is 2. The van der Waals surface area contributed by atoms with Crippen molar-refractivity contribution < 1.29 is 23.2 Å². The first-order valence-corrected chi connectivity index (χ1v) is 12.3. The van der Waals surface area contributed by atoms with Crippen LogP contribution in [0.1, 0.15) is 78.5 Å². The van der Waals surface area contributed by atoms with Gasteiger partial charge in [-0.25, -0.2) is 8.78 Å². The van der Waals surface area contributed by atoms with Crippen molar-refractivity contribution in [1.82, 2.24) is 10.2 Å². The van der Waals surface area contributed by atoms with Crippen LogP contribution in [0, 0.1) is 5.41 Å². The van der Waals surface area contributed by atoms with E-state index in [9.17, 15) is 23.2 Å². The summed E-state index contributed by atoms with van der Waals surface area (Å²) in [5.41, 5.74) is 7.38. The highest BCUT2D eigenvalue weighted by molar-refractivity contribution is 6.04. The van der Waals surface area contributed by atoms with Crippen LogP contribution in [0.4, 0.5) is 14.5 Å². The molecule has 1 spiro atoms. The molecular weight excluding hydrogens is 442 g/mol. The zero-order valence-corrected chi connectivity index (χ0v) is 19.3. The Morgan fingerprint density at radius 1 is 0.971 bits per heavy atom. The minimum atomic E-state index is -2.64. The highest BCUT2D eigenvalue weighted by Gasteiger charge is 2.45. The molecule has 1 aromatic carbocycles. The summed E-state index contributed by atoms with van der Waals surface area (Å²) in [6, 6.07) is 3.95. The molecule has 1 unspecified atom stereocenters. The Hall–Kier alpha value is -2.71. The molecule has 2 saturated heterocycles. The van der Waals surface area contributed by atoms with E-state index in [0.29, 0.717) is 35.2 Å². The van der Waals surface area contributed by atoms with Gasteiger partial charge in [0, 0.05) is 44.1 Å². The fourth-order valence-corrected chi connectivity index (χ4v) is 5.81. The van der Waals surface area contributed by atoms with E-state index >= 15 is 0 Å². The molecule has 2 heterocycles. The predicted molar refractivity (Wildman–Crippen MR) is 123 cm³/mol. The molecule has 3 amide bonds. The summed E-state index contributed by atoms with van der Waals surface area (Å²) in [6.07, 6.45) is 5.26. The second kappa shape index (κ2) is 8.50. The van der Waals surface area contributed by atoms with Crippen LogP contribution in [0.25, 0.3) is 0 Å². The molecule has 4 fully saturated rings. The van der Waals surface area contributed by atoms with E-state index in [2.05, 4.69) is 10.2 Å². The third kappa shape index (κ3) is 4.49. The fraction of sp³-hybridized carbons (Fsp3) is 0.640. The molecule has 9 heteroatoms. The zero-order chi connectivity index (χ0) is 24.1. The maximum atomic E-state index is 13.5. The molecular formula is C25H32F2N4O3. The molecule has 1 atom stereocenters. The lowest BCUT2D eigenvalue weighted by Gasteiger charge is -2.35. The number of alkyl halides is 2. The molecule has 4 aliphatic rings. The minimum absolute atomic E-state index is 0.192. The maximum Gasteiger partial charge on any atom is 0.254 e. The Kier molecular flexibility index (Phi) is 5.76. The van der Waals surface area contributed by atoms with Gasteiger partial charge in [0.05, 0.1) is 11.3 Å². The Morgan fingerprint density at radius 2 is 1.65 bits per heavy atom. The Balaban J connectivity index is 1.29. The second-order valence-corrected chi connectivity index (χ2v) is 10.5. The molecule has 184 valence electrons. The summed E-state index contributed by atoms with van der Waals surface area (Å²) in [4.78, 5) is 41.9. The predicted octanol–water partition coefficient (Wildman–Crippen LogP) is 3.07. The van der Waals surface area contributed by atoms with E-state index in [1.165, 1.54) is 18.9 Å². The van der Waals surface area contributed by atoms with Gasteiger partial charge in [-0.2, -0.15) is 0 Å².